The van der Waals surface area contributed by atoms with Gasteiger partial charge in [0.25, 0.3) is 0 Å². The maximum Gasteiger partial charge on any atom is 0.191 e. The molecule has 140 valence electrons. The number of benzene rings is 1. The highest BCUT2D eigenvalue weighted by Crippen LogP contribution is 2.32. The Labute approximate surface area is 171 Å². The van der Waals surface area contributed by atoms with Gasteiger partial charge in [-0.3, -0.25) is 4.99 Å². The van der Waals surface area contributed by atoms with Crippen LogP contribution in [0, 0.1) is 6.92 Å². The van der Waals surface area contributed by atoms with Crippen molar-refractivity contribution in [2.75, 3.05) is 13.6 Å². The molecule has 1 aromatic carbocycles. The summed E-state index contributed by atoms with van der Waals surface area (Å²) in [4.78, 5) is 9.01. The molecule has 2 unspecified atom stereocenters. The lowest BCUT2D eigenvalue weighted by Crippen LogP contribution is -2.42. The highest BCUT2D eigenvalue weighted by atomic mass is 127. The zero-order valence-corrected chi connectivity index (χ0v) is 17.7. The van der Waals surface area contributed by atoms with Crippen LogP contribution in [0.2, 0.25) is 0 Å². The van der Waals surface area contributed by atoms with Crippen molar-refractivity contribution in [2.45, 2.75) is 51.1 Å². The number of aryl methyl sites for hydroxylation is 3. The number of halogens is 1. The lowest BCUT2D eigenvalue weighted by atomic mass is 10.0. The highest BCUT2D eigenvalue weighted by molar-refractivity contribution is 14.0. The summed E-state index contributed by atoms with van der Waals surface area (Å²) in [7, 11) is 1.83. The van der Waals surface area contributed by atoms with E-state index in [0.717, 1.165) is 43.5 Å². The van der Waals surface area contributed by atoms with Gasteiger partial charge in [-0.1, -0.05) is 24.3 Å². The molecule has 0 fully saturated rings. The SMILES string of the molecule is CN=C(NCC1CCc2ccccc21)NC1CCCn2nc(C)nc21.I. The molecule has 1 aliphatic carbocycles. The molecule has 0 bridgehead atoms. The van der Waals surface area contributed by atoms with Crippen LogP contribution < -0.4 is 10.6 Å². The van der Waals surface area contributed by atoms with Gasteiger partial charge in [-0.25, -0.2) is 9.67 Å². The van der Waals surface area contributed by atoms with Crippen molar-refractivity contribution < 1.29 is 0 Å². The number of nitrogens with zero attached hydrogens (tertiary/aromatic N) is 4. The maximum absolute atomic E-state index is 4.59. The zero-order valence-electron chi connectivity index (χ0n) is 15.4. The number of rotatable bonds is 3. The molecule has 7 heteroatoms. The molecule has 0 saturated heterocycles. The van der Waals surface area contributed by atoms with Gasteiger partial charge in [0.2, 0.25) is 0 Å². The lowest BCUT2D eigenvalue weighted by Gasteiger charge is -2.25. The van der Waals surface area contributed by atoms with E-state index in [1.165, 1.54) is 24.0 Å². The Hall–Kier alpha value is -1.64. The van der Waals surface area contributed by atoms with E-state index in [1.54, 1.807) is 0 Å². The molecule has 1 aromatic heterocycles. The molecule has 6 nitrogen and oxygen atoms in total. The van der Waals surface area contributed by atoms with Crippen LogP contribution in [0.4, 0.5) is 0 Å². The number of nitrogens with one attached hydrogen (secondary N) is 2. The third-order valence-corrected chi connectivity index (χ3v) is 5.29. The molecular formula is C19H27IN6. The van der Waals surface area contributed by atoms with Crippen LogP contribution in [-0.4, -0.2) is 34.3 Å². The standard InChI is InChI=1S/C19H26N6.HI/c1-13-22-18-17(8-5-11-25(18)24-13)23-19(20-2)21-12-15-10-9-14-6-3-4-7-16(14)15;/h3-4,6-7,15,17H,5,8-12H2,1-2H3,(H2,20,21,23);1H. The van der Waals surface area contributed by atoms with E-state index >= 15 is 0 Å². The summed E-state index contributed by atoms with van der Waals surface area (Å²) < 4.78 is 2.02. The van der Waals surface area contributed by atoms with Gasteiger partial charge in [-0.15, -0.1) is 24.0 Å². The van der Waals surface area contributed by atoms with Gasteiger partial charge in [-0.2, -0.15) is 5.10 Å². The van der Waals surface area contributed by atoms with Crippen LogP contribution in [0.25, 0.3) is 0 Å². The number of guanidine groups is 1. The van der Waals surface area contributed by atoms with Crippen LogP contribution in [0.1, 0.15) is 54.0 Å². The second-order valence-electron chi connectivity index (χ2n) is 6.97. The van der Waals surface area contributed by atoms with Crippen LogP contribution in [-0.2, 0) is 13.0 Å². The third-order valence-electron chi connectivity index (χ3n) is 5.29. The fourth-order valence-corrected chi connectivity index (χ4v) is 4.04. The highest BCUT2D eigenvalue weighted by Gasteiger charge is 2.25. The summed E-state index contributed by atoms with van der Waals surface area (Å²) in [5, 5.41) is 11.5. The molecule has 0 spiro atoms. The molecule has 26 heavy (non-hydrogen) atoms. The minimum Gasteiger partial charge on any atom is -0.356 e. The molecule has 2 N–H and O–H groups in total. The van der Waals surface area contributed by atoms with E-state index in [4.69, 9.17) is 0 Å². The normalized spacial score (nSPS) is 21.5. The van der Waals surface area contributed by atoms with Crippen molar-refractivity contribution in [1.29, 1.82) is 0 Å². The molecule has 2 aliphatic rings. The van der Waals surface area contributed by atoms with Gasteiger partial charge < -0.3 is 10.6 Å². The number of hydrogen-bond donors (Lipinski definition) is 2. The Morgan fingerprint density at radius 2 is 2.15 bits per heavy atom. The zero-order chi connectivity index (χ0) is 17.2. The van der Waals surface area contributed by atoms with Gasteiger partial charge in [0.15, 0.2) is 5.96 Å². The first-order valence-corrected chi connectivity index (χ1v) is 9.21. The van der Waals surface area contributed by atoms with E-state index in [-0.39, 0.29) is 30.0 Å². The smallest absolute Gasteiger partial charge is 0.191 e. The van der Waals surface area contributed by atoms with E-state index in [0.29, 0.717) is 5.92 Å². The van der Waals surface area contributed by atoms with Gasteiger partial charge in [0.05, 0.1) is 6.04 Å². The monoisotopic (exact) mass is 466 g/mol. The summed E-state index contributed by atoms with van der Waals surface area (Å²) in [6.45, 7) is 3.82. The summed E-state index contributed by atoms with van der Waals surface area (Å²) in [5.41, 5.74) is 2.98. The fourth-order valence-electron chi connectivity index (χ4n) is 4.04. The average molecular weight is 466 g/mol. The number of hydrogen-bond acceptors (Lipinski definition) is 3. The average Bonchev–Trinajstić information content (AvgIpc) is 3.21. The number of aliphatic imine (C=N–C) groups is 1. The number of fused-ring (bicyclic) bond motifs is 2. The van der Waals surface area contributed by atoms with Crippen molar-refractivity contribution in [3.63, 3.8) is 0 Å². The molecule has 2 atom stereocenters. The second kappa shape index (κ2) is 8.37. The first kappa shape index (κ1) is 19.1. The predicted octanol–water partition coefficient (Wildman–Crippen LogP) is 2.93. The van der Waals surface area contributed by atoms with Crippen LogP contribution in [0.5, 0.6) is 0 Å². The van der Waals surface area contributed by atoms with Crippen molar-refractivity contribution in [2.24, 2.45) is 4.99 Å². The largest absolute Gasteiger partial charge is 0.356 e. The second-order valence-corrected chi connectivity index (χ2v) is 6.97. The van der Waals surface area contributed by atoms with Gasteiger partial charge in [0, 0.05) is 26.1 Å². The first-order valence-electron chi connectivity index (χ1n) is 9.21. The Morgan fingerprint density at radius 1 is 1.31 bits per heavy atom. The molecule has 4 rings (SSSR count). The van der Waals surface area contributed by atoms with Crippen molar-refractivity contribution in [3.8, 4) is 0 Å². The fraction of sp³-hybridized carbons (Fsp3) is 0.526. The summed E-state index contributed by atoms with van der Waals surface area (Å²) in [6, 6.07) is 8.96. The molecule has 2 aromatic rings. The van der Waals surface area contributed by atoms with Gasteiger partial charge in [0.1, 0.15) is 11.6 Å². The Balaban J connectivity index is 0.00000196. The van der Waals surface area contributed by atoms with Crippen LogP contribution >= 0.6 is 24.0 Å². The Morgan fingerprint density at radius 3 is 3.00 bits per heavy atom. The lowest BCUT2D eigenvalue weighted by molar-refractivity contribution is 0.397. The molecule has 0 radical (unpaired) electrons. The topological polar surface area (TPSA) is 67.1 Å². The molecule has 1 aliphatic heterocycles. The van der Waals surface area contributed by atoms with Crippen molar-refractivity contribution >= 4 is 29.9 Å². The van der Waals surface area contributed by atoms with Crippen molar-refractivity contribution in [3.05, 3.63) is 47.0 Å². The third kappa shape index (κ3) is 3.87. The maximum atomic E-state index is 4.59. The van der Waals surface area contributed by atoms with Crippen LogP contribution in [0.3, 0.4) is 0 Å². The molecular weight excluding hydrogens is 439 g/mol. The van der Waals surface area contributed by atoms with E-state index in [9.17, 15) is 0 Å². The summed E-state index contributed by atoms with van der Waals surface area (Å²) in [5.74, 6) is 3.28. The molecule has 0 amide bonds. The van der Waals surface area contributed by atoms with Crippen LogP contribution in [0.15, 0.2) is 29.3 Å². The summed E-state index contributed by atoms with van der Waals surface area (Å²) >= 11 is 0. The summed E-state index contributed by atoms with van der Waals surface area (Å²) in [6.07, 6.45) is 4.56. The van der Waals surface area contributed by atoms with E-state index in [1.807, 2.05) is 18.7 Å². The van der Waals surface area contributed by atoms with E-state index in [2.05, 4.69) is 50.0 Å². The minimum atomic E-state index is 0. The first-order chi connectivity index (χ1) is 12.2. The van der Waals surface area contributed by atoms with E-state index < -0.39 is 0 Å². The Bertz CT molecular complexity index is 784. The predicted molar refractivity (Wildman–Crippen MR) is 114 cm³/mol. The van der Waals surface area contributed by atoms with Crippen molar-refractivity contribution in [1.82, 2.24) is 25.4 Å². The molecule has 0 saturated carbocycles. The van der Waals surface area contributed by atoms with Gasteiger partial charge >= 0.3 is 0 Å². The van der Waals surface area contributed by atoms with Gasteiger partial charge in [-0.05, 0) is 43.7 Å². The number of aromatic nitrogens is 3. The Kier molecular flexibility index (Phi) is 6.16. The molecule has 2 heterocycles. The minimum absolute atomic E-state index is 0. The quantitative estimate of drug-likeness (QED) is 0.415.